The molecule has 0 aliphatic rings. The quantitative estimate of drug-likeness (QED) is 0.795. The Kier molecular flexibility index (Phi) is 3.72. The molecule has 0 N–H and O–H groups in total. The van der Waals surface area contributed by atoms with Gasteiger partial charge in [0.15, 0.2) is 5.78 Å². The normalized spacial score (nSPS) is 10.4. The van der Waals surface area contributed by atoms with E-state index in [1.54, 1.807) is 13.2 Å². The number of aryl methyl sites for hydroxylation is 2. The maximum absolute atomic E-state index is 12.1. The van der Waals surface area contributed by atoms with Crippen LogP contribution in [-0.2, 0) is 6.42 Å². The van der Waals surface area contributed by atoms with Gasteiger partial charge in [0.25, 0.3) is 0 Å². The lowest BCUT2D eigenvalue weighted by molar-refractivity contribution is 0.0995. The number of nitrogens with zero attached hydrogens (tertiary/aromatic N) is 2. The Hall–Kier alpha value is -1.75. The summed E-state index contributed by atoms with van der Waals surface area (Å²) in [7, 11) is 1.54. The van der Waals surface area contributed by atoms with E-state index in [2.05, 4.69) is 9.97 Å². The molecular formula is C13H14N2O2S. The van der Waals surface area contributed by atoms with Gasteiger partial charge in [-0.3, -0.25) is 4.79 Å². The minimum Gasteiger partial charge on any atom is -0.481 e. The summed E-state index contributed by atoms with van der Waals surface area (Å²) in [5.74, 6) is 0.559. The van der Waals surface area contributed by atoms with E-state index >= 15 is 0 Å². The molecule has 0 aliphatic heterocycles. The summed E-state index contributed by atoms with van der Waals surface area (Å²) in [6, 6.07) is 3.62. The Morgan fingerprint density at radius 2 is 2.11 bits per heavy atom. The second kappa shape index (κ2) is 5.27. The van der Waals surface area contributed by atoms with E-state index in [0.717, 1.165) is 10.4 Å². The number of Topliss-reactive ketones (excluding diaryl/α,β-unsaturated/α-hetero) is 1. The molecule has 0 atom stereocenters. The summed E-state index contributed by atoms with van der Waals surface area (Å²) in [5, 5.41) is 0. The molecule has 0 saturated heterocycles. The molecule has 5 heteroatoms. The van der Waals surface area contributed by atoms with E-state index in [4.69, 9.17) is 4.74 Å². The predicted octanol–water partition coefficient (Wildman–Crippen LogP) is 2.59. The molecule has 4 nitrogen and oxygen atoms in total. The number of hydrogen-bond acceptors (Lipinski definition) is 5. The van der Waals surface area contributed by atoms with Gasteiger partial charge in [0.05, 0.1) is 24.1 Å². The van der Waals surface area contributed by atoms with Crippen LogP contribution in [0.5, 0.6) is 5.88 Å². The van der Waals surface area contributed by atoms with Crippen LogP contribution in [-0.4, -0.2) is 22.9 Å². The van der Waals surface area contributed by atoms with E-state index < -0.39 is 0 Å². The summed E-state index contributed by atoms with van der Waals surface area (Å²) in [4.78, 5) is 22.0. The second-order valence-corrected chi connectivity index (χ2v) is 5.26. The average molecular weight is 262 g/mol. The molecule has 0 aromatic carbocycles. The molecule has 2 rings (SSSR count). The average Bonchev–Trinajstić information content (AvgIpc) is 2.70. The highest BCUT2D eigenvalue weighted by Crippen LogP contribution is 2.22. The lowest BCUT2D eigenvalue weighted by atomic mass is 10.1. The van der Waals surface area contributed by atoms with Crippen molar-refractivity contribution < 1.29 is 9.53 Å². The molecule has 0 saturated carbocycles. The van der Waals surface area contributed by atoms with Crippen molar-refractivity contribution in [3.8, 4) is 5.88 Å². The number of ketones is 1. The number of hydrogen-bond donors (Lipinski definition) is 0. The maximum Gasteiger partial charge on any atom is 0.216 e. The van der Waals surface area contributed by atoms with Crippen molar-refractivity contribution in [1.82, 2.24) is 9.97 Å². The molecule has 0 spiro atoms. The highest BCUT2D eigenvalue weighted by molar-refractivity contribution is 7.14. The minimum absolute atomic E-state index is 0.0805. The zero-order chi connectivity index (χ0) is 13.1. The standard InChI is InChI=1S/C13H14N2O2S/c1-8-4-12(18-9(8)2)11(16)5-10-6-13(17-3)15-7-14-10/h4,6-7H,5H2,1-3H3. The van der Waals surface area contributed by atoms with Gasteiger partial charge in [0, 0.05) is 10.9 Å². The Morgan fingerprint density at radius 3 is 2.72 bits per heavy atom. The minimum atomic E-state index is 0.0805. The summed E-state index contributed by atoms with van der Waals surface area (Å²) < 4.78 is 5.01. The van der Waals surface area contributed by atoms with Crippen LogP contribution in [0.2, 0.25) is 0 Å². The number of aromatic nitrogens is 2. The monoisotopic (exact) mass is 262 g/mol. The topological polar surface area (TPSA) is 52.1 Å². The van der Waals surface area contributed by atoms with Gasteiger partial charge in [-0.25, -0.2) is 9.97 Å². The first-order chi connectivity index (χ1) is 8.60. The summed E-state index contributed by atoms with van der Waals surface area (Å²) in [6.45, 7) is 4.03. The second-order valence-electron chi connectivity index (χ2n) is 4.00. The number of thiophene rings is 1. The zero-order valence-corrected chi connectivity index (χ0v) is 11.4. The van der Waals surface area contributed by atoms with Gasteiger partial charge in [-0.2, -0.15) is 0 Å². The van der Waals surface area contributed by atoms with Gasteiger partial charge in [-0.1, -0.05) is 0 Å². The predicted molar refractivity (Wildman–Crippen MR) is 70.4 cm³/mol. The van der Waals surface area contributed by atoms with Crippen molar-refractivity contribution in [3.05, 3.63) is 39.5 Å². The van der Waals surface area contributed by atoms with Crippen molar-refractivity contribution >= 4 is 17.1 Å². The molecule has 0 aliphatic carbocycles. The van der Waals surface area contributed by atoms with Gasteiger partial charge in [-0.15, -0.1) is 11.3 Å². The van der Waals surface area contributed by atoms with E-state index in [0.29, 0.717) is 11.6 Å². The first kappa shape index (κ1) is 12.7. The highest BCUT2D eigenvalue weighted by Gasteiger charge is 2.12. The molecule has 0 amide bonds. The highest BCUT2D eigenvalue weighted by atomic mass is 32.1. The largest absolute Gasteiger partial charge is 0.481 e. The fourth-order valence-corrected chi connectivity index (χ4v) is 2.52. The molecule has 0 fully saturated rings. The Morgan fingerprint density at radius 1 is 1.33 bits per heavy atom. The van der Waals surface area contributed by atoms with Crippen LogP contribution in [0.1, 0.15) is 25.8 Å². The number of carbonyl (C=O) groups is 1. The first-order valence-electron chi connectivity index (χ1n) is 5.55. The first-order valence-corrected chi connectivity index (χ1v) is 6.37. The number of rotatable bonds is 4. The van der Waals surface area contributed by atoms with Gasteiger partial charge in [0.2, 0.25) is 5.88 Å². The SMILES string of the molecule is COc1cc(CC(=O)c2cc(C)c(C)s2)ncn1. The summed E-state index contributed by atoms with van der Waals surface area (Å²) in [5.41, 5.74) is 1.83. The number of carbonyl (C=O) groups excluding carboxylic acids is 1. The molecular weight excluding hydrogens is 248 g/mol. The fourth-order valence-electron chi connectivity index (χ4n) is 1.55. The number of methoxy groups -OCH3 is 1. The summed E-state index contributed by atoms with van der Waals surface area (Å²) >= 11 is 1.53. The molecule has 0 unspecified atom stereocenters. The molecule has 18 heavy (non-hydrogen) atoms. The van der Waals surface area contributed by atoms with Crippen molar-refractivity contribution in [2.45, 2.75) is 20.3 Å². The van der Waals surface area contributed by atoms with Gasteiger partial charge >= 0.3 is 0 Å². The van der Waals surface area contributed by atoms with E-state index in [1.807, 2.05) is 19.9 Å². The fraction of sp³-hybridized carbons (Fsp3) is 0.308. The van der Waals surface area contributed by atoms with Crippen molar-refractivity contribution in [2.24, 2.45) is 0 Å². The van der Waals surface area contributed by atoms with Crippen LogP contribution in [0.3, 0.4) is 0 Å². The molecule has 0 radical (unpaired) electrons. The van der Waals surface area contributed by atoms with Crippen LogP contribution in [0.25, 0.3) is 0 Å². The third-order valence-electron chi connectivity index (χ3n) is 2.69. The van der Waals surface area contributed by atoms with Crippen molar-refractivity contribution in [3.63, 3.8) is 0 Å². The zero-order valence-electron chi connectivity index (χ0n) is 10.6. The third-order valence-corrected chi connectivity index (χ3v) is 3.88. The Balaban J connectivity index is 2.15. The van der Waals surface area contributed by atoms with E-state index in [-0.39, 0.29) is 12.2 Å². The summed E-state index contributed by atoms with van der Waals surface area (Å²) in [6.07, 6.45) is 1.69. The van der Waals surface area contributed by atoms with E-state index in [1.165, 1.54) is 22.5 Å². The third kappa shape index (κ3) is 2.73. The molecule has 2 aromatic rings. The van der Waals surface area contributed by atoms with Crippen LogP contribution in [0, 0.1) is 13.8 Å². The maximum atomic E-state index is 12.1. The lowest BCUT2D eigenvalue weighted by Gasteiger charge is -2.01. The van der Waals surface area contributed by atoms with Gasteiger partial charge < -0.3 is 4.74 Å². The van der Waals surface area contributed by atoms with Crippen LogP contribution >= 0.6 is 11.3 Å². The van der Waals surface area contributed by atoms with Gasteiger partial charge in [0.1, 0.15) is 6.33 Å². The Labute approximate surface area is 110 Å². The van der Waals surface area contributed by atoms with E-state index in [9.17, 15) is 4.79 Å². The van der Waals surface area contributed by atoms with Gasteiger partial charge in [-0.05, 0) is 25.5 Å². The Bertz CT molecular complexity index is 559. The molecule has 2 heterocycles. The van der Waals surface area contributed by atoms with Crippen molar-refractivity contribution in [1.29, 1.82) is 0 Å². The van der Waals surface area contributed by atoms with Crippen LogP contribution in [0.15, 0.2) is 18.5 Å². The molecule has 94 valence electrons. The van der Waals surface area contributed by atoms with Crippen LogP contribution < -0.4 is 4.74 Å². The molecule has 0 bridgehead atoms. The smallest absolute Gasteiger partial charge is 0.216 e. The number of ether oxygens (including phenoxy) is 1. The van der Waals surface area contributed by atoms with Crippen molar-refractivity contribution in [2.75, 3.05) is 7.11 Å². The van der Waals surface area contributed by atoms with Crippen LogP contribution in [0.4, 0.5) is 0 Å². The molecule has 2 aromatic heterocycles. The lowest BCUT2D eigenvalue weighted by Crippen LogP contribution is -2.04.